The predicted molar refractivity (Wildman–Crippen MR) is 239 cm³/mol. The van der Waals surface area contributed by atoms with Crippen LogP contribution in [0.25, 0.3) is 82.1 Å². The minimum atomic E-state index is 1.09. The number of benzene rings is 10. The van der Waals surface area contributed by atoms with Crippen molar-refractivity contribution in [1.82, 2.24) is 4.57 Å². The van der Waals surface area contributed by atoms with E-state index in [1.807, 2.05) is 0 Å². The number of fused-ring (bicyclic) bond motifs is 7. The number of hydrogen-bond acceptors (Lipinski definition) is 1. The highest BCUT2D eigenvalue weighted by molar-refractivity contribution is 6.16. The molecule has 0 unspecified atom stereocenters. The van der Waals surface area contributed by atoms with E-state index in [-0.39, 0.29) is 0 Å². The zero-order valence-corrected chi connectivity index (χ0v) is 30.7. The van der Waals surface area contributed by atoms with E-state index in [1.54, 1.807) is 0 Å². The Balaban J connectivity index is 1.16. The van der Waals surface area contributed by atoms with Crippen LogP contribution in [0.15, 0.2) is 218 Å². The van der Waals surface area contributed by atoms with Crippen molar-refractivity contribution in [2.24, 2.45) is 0 Å². The summed E-state index contributed by atoms with van der Waals surface area (Å²) in [5.74, 6) is 0. The molecular formula is C54H36N2. The van der Waals surface area contributed by atoms with Gasteiger partial charge in [0.2, 0.25) is 0 Å². The van der Waals surface area contributed by atoms with Crippen LogP contribution in [0, 0.1) is 0 Å². The maximum Gasteiger partial charge on any atom is 0.0619 e. The van der Waals surface area contributed by atoms with Crippen molar-refractivity contribution in [3.05, 3.63) is 218 Å². The van der Waals surface area contributed by atoms with Gasteiger partial charge in [0.25, 0.3) is 0 Å². The molecule has 11 aromatic rings. The second-order valence-corrected chi connectivity index (χ2v) is 14.5. The molecule has 2 nitrogen and oxygen atoms in total. The molecule has 0 radical (unpaired) electrons. The third-order valence-corrected chi connectivity index (χ3v) is 11.3. The van der Waals surface area contributed by atoms with Gasteiger partial charge in [0.05, 0.1) is 16.7 Å². The molecule has 56 heavy (non-hydrogen) atoms. The second kappa shape index (κ2) is 13.2. The van der Waals surface area contributed by atoms with Gasteiger partial charge in [-0.1, -0.05) is 176 Å². The van der Waals surface area contributed by atoms with Crippen molar-refractivity contribution in [3.63, 3.8) is 0 Å². The fourth-order valence-electron chi connectivity index (χ4n) is 8.82. The lowest BCUT2D eigenvalue weighted by atomic mass is 9.97. The van der Waals surface area contributed by atoms with Crippen LogP contribution in [0.5, 0.6) is 0 Å². The maximum absolute atomic E-state index is 2.46. The molecular weight excluding hydrogens is 677 g/mol. The Bertz CT molecular complexity index is 3240. The molecule has 0 N–H and O–H groups in total. The lowest BCUT2D eigenvalue weighted by Gasteiger charge is -2.28. The number of anilines is 3. The van der Waals surface area contributed by atoms with Crippen LogP contribution in [0.4, 0.5) is 17.1 Å². The van der Waals surface area contributed by atoms with Crippen LogP contribution in [0.2, 0.25) is 0 Å². The molecule has 0 aliphatic carbocycles. The largest absolute Gasteiger partial charge is 0.310 e. The second-order valence-electron chi connectivity index (χ2n) is 14.5. The summed E-state index contributed by atoms with van der Waals surface area (Å²) in [6.45, 7) is 0. The molecule has 0 fully saturated rings. The fourth-order valence-corrected chi connectivity index (χ4v) is 8.82. The molecule has 0 bridgehead atoms. The zero-order valence-electron chi connectivity index (χ0n) is 30.7. The third kappa shape index (κ3) is 5.19. The Hall–Kier alpha value is -7.42. The number of nitrogens with zero attached hydrogens (tertiary/aromatic N) is 2. The molecule has 0 spiro atoms. The van der Waals surface area contributed by atoms with E-state index in [4.69, 9.17) is 0 Å². The highest BCUT2D eigenvalue weighted by Crippen LogP contribution is 2.44. The molecule has 0 saturated carbocycles. The highest BCUT2D eigenvalue weighted by atomic mass is 15.1. The summed E-state index contributed by atoms with van der Waals surface area (Å²) >= 11 is 0. The molecule has 1 heterocycles. The van der Waals surface area contributed by atoms with Gasteiger partial charge in [-0.3, -0.25) is 0 Å². The number of para-hydroxylation sites is 2. The molecule has 0 aliphatic heterocycles. The highest BCUT2D eigenvalue weighted by Gasteiger charge is 2.21. The Morgan fingerprint density at radius 3 is 1.75 bits per heavy atom. The molecule has 0 saturated heterocycles. The smallest absolute Gasteiger partial charge is 0.0619 e. The van der Waals surface area contributed by atoms with Gasteiger partial charge in [0.1, 0.15) is 0 Å². The Labute approximate surface area is 325 Å². The first-order valence-electron chi connectivity index (χ1n) is 19.3. The van der Waals surface area contributed by atoms with Crippen LogP contribution < -0.4 is 4.90 Å². The normalized spacial score (nSPS) is 11.6. The van der Waals surface area contributed by atoms with Crippen LogP contribution >= 0.6 is 0 Å². The number of rotatable bonds is 6. The molecule has 0 aliphatic rings. The van der Waals surface area contributed by atoms with Crippen molar-refractivity contribution in [1.29, 1.82) is 0 Å². The van der Waals surface area contributed by atoms with E-state index in [0.29, 0.717) is 0 Å². The van der Waals surface area contributed by atoms with E-state index in [1.165, 1.54) is 76.4 Å². The fraction of sp³-hybridized carbons (Fsp3) is 0. The van der Waals surface area contributed by atoms with Gasteiger partial charge in [0, 0.05) is 38.8 Å². The summed E-state index contributed by atoms with van der Waals surface area (Å²) in [5.41, 5.74) is 11.7. The van der Waals surface area contributed by atoms with Gasteiger partial charge in [-0.05, 0) is 86.1 Å². The van der Waals surface area contributed by atoms with E-state index in [9.17, 15) is 0 Å². The van der Waals surface area contributed by atoms with Crippen LogP contribution in [0.3, 0.4) is 0 Å². The minimum Gasteiger partial charge on any atom is -0.310 e. The summed E-state index contributed by atoms with van der Waals surface area (Å²) in [5, 5.41) is 9.91. The van der Waals surface area contributed by atoms with E-state index in [2.05, 4.69) is 228 Å². The molecule has 2 heteroatoms. The average molecular weight is 713 g/mol. The lowest BCUT2D eigenvalue weighted by molar-refractivity contribution is 1.17. The van der Waals surface area contributed by atoms with E-state index in [0.717, 1.165) is 22.7 Å². The average Bonchev–Trinajstić information content (AvgIpc) is 3.62. The summed E-state index contributed by atoms with van der Waals surface area (Å²) in [6, 6.07) is 79.5. The topological polar surface area (TPSA) is 8.17 Å². The summed E-state index contributed by atoms with van der Waals surface area (Å²) < 4.78 is 2.46. The SMILES string of the molecule is c1ccc(-c2cccc3c4ccccc4n(-c4cccc(N(c5ccc(-c6cccc7ccccc67)cc5)c5cc6ccccc6c6ccccc56)c4)c23)cc1. The predicted octanol–water partition coefficient (Wildman–Crippen LogP) is 15.0. The van der Waals surface area contributed by atoms with Crippen LogP contribution in [-0.4, -0.2) is 4.57 Å². The first kappa shape index (κ1) is 32.0. The van der Waals surface area contributed by atoms with Crippen molar-refractivity contribution in [2.45, 2.75) is 0 Å². The van der Waals surface area contributed by atoms with Crippen LogP contribution in [0.1, 0.15) is 0 Å². The van der Waals surface area contributed by atoms with Crippen LogP contribution in [-0.2, 0) is 0 Å². The molecule has 1 aromatic heterocycles. The summed E-state index contributed by atoms with van der Waals surface area (Å²) in [4.78, 5) is 2.44. The number of hydrogen-bond donors (Lipinski definition) is 0. The lowest BCUT2D eigenvalue weighted by Crippen LogP contribution is -2.11. The Morgan fingerprint density at radius 1 is 0.321 bits per heavy atom. The quantitative estimate of drug-likeness (QED) is 0.156. The molecule has 0 atom stereocenters. The molecule has 0 amide bonds. The maximum atomic E-state index is 2.46. The standard InChI is InChI=1S/C54H36N2/c1-2-15-38(16-3-1)47-28-14-29-51-50-26-10-11-30-52(50)56(54(47)51)43-21-13-20-42(36-43)55(53-35-40-18-5-7-23-46(40)48-24-8-9-25-49(48)53)41-33-31-39(32-34-41)45-27-12-19-37-17-4-6-22-44(37)45/h1-36H. The third-order valence-electron chi connectivity index (χ3n) is 11.3. The van der Waals surface area contributed by atoms with Gasteiger partial charge >= 0.3 is 0 Å². The van der Waals surface area contributed by atoms with Gasteiger partial charge < -0.3 is 9.47 Å². The van der Waals surface area contributed by atoms with Crippen molar-refractivity contribution in [2.75, 3.05) is 4.90 Å². The first-order valence-corrected chi connectivity index (χ1v) is 19.3. The summed E-state index contributed by atoms with van der Waals surface area (Å²) in [7, 11) is 0. The number of aromatic nitrogens is 1. The Kier molecular flexibility index (Phi) is 7.53. The first-order chi connectivity index (χ1) is 27.8. The molecule has 262 valence electrons. The van der Waals surface area contributed by atoms with Gasteiger partial charge in [-0.2, -0.15) is 0 Å². The molecule has 10 aromatic carbocycles. The summed E-state index contributed by atoms with van der Waals surface area (Å²) in [6.07, 6.45) is 0. The monoisotopic (exact) mass is 712 g/mol. The van der Waals surface area contributed by atoms with E-state index >= 15 is 0 Å². The van der Waals surface area contributed by atoms with E-state index < -0.39 is 0 Å². The molecule has 11 rings (SSSR count). The van der Waals surface area contributed by atoms with Gasteiger partial charge in [-0.15, -0.1) is 0 Å². The van der Waals surface area contributed by atoms with Gasteiger partial charge in [-0.25, -0.2) is 0 Å². The van der Waals surface area contributed by atoms with Crippen molar-refractivity contribution in [3.8, 4) is 27.9 Å². The van der Waals surface area contributed by atoms with Crippen molar-refractivity contribution >= 4 is 71.2 Å². The van der Waals surface area contributed by atoms with Gasteiger partial charge in [0.15, 0.2) is 0 Å². The van der Waals surface area contributed by atoms with Crippen molar-refractivity contribution < 1.29 is 0 Å². The Morgan fingerprint density at radius 2 is 0.911 bits per heavy atom. The minimum absolute atomic E-state index is 1.09. The zero-order chi connectivity index (χ0) is 37.0.